The second-order valence-electron chi connectivity index (χ2n) is 3.48. The van der Waals surface area contributed by atoms with Crippen LogP contribution in [-0.4, -0.2) is 16.0 Å². The zero-order chi connectivity index (χ0) is 13.1. The van der Waals surface area contributed by atoms with Gasteiger partial charge in [0.15, 0.2) is 11.6 Å². The van der Waals surface area contributed by atoms with Gasteiger partial charge in [-0.1, -0.05) is 11.6 Å². The van der Waals surface area contributed by atoms with Crippen LogP contribution in [0, 0.1) is 5.82 Å². The average molecular weight is 267 g/mol. The predicted molar refractivity (Wildman–Crippen MR) is 65.3 cm³/mol. The molecular weight excluding hydrogens is 259 g/mol. The highest BCUT2D eigenvalue weighted by Crippen LogP contribution is 2.19. The normalized spacial score (nSPS) is 10.1. The second-order valence-corrected chi connectivity index (χ2v) is 3.92. The molecule has 0 aliphatic heterocycles. The van der Waals surface area contributed by atoms with Crippen LogP contribution < -0.4 is 5.32 Å². The van der Waals surface area contributed by atoms with Gasteiger partial charge in [0.25, 0.3) is 5.91 Å². The molecule has 18 heavy (non-hydrogen) atoms. The number of carbonyl (C=O) groups is 1. The van der Waals surface area contributed by atoms with Crippen molar-refractivity contribution in [3.63, 3.8) is 0 Å². The van der Waals surface area contributed by atoms with Crippen LogP contribution in [0.1, 0.15) is 10.5 Å². The summed E-state index contributed by atoms with van der Waals surface area (Å²) in [4.78, 5) is 15.5. The monoisotopic (exact) mass is 266 g/mol. The number of hydrogen-bond acceptors (Lipinski definition) is 3. The molecule has 6 heteroatoms. The lowest BCUT2D eigenvalue weighted by Crippen LogP contribution is -2.13. The Morgan fingerprint density at radius 3 is 2.72 bits per heavy atom. The summed E-state index contributed by atoms with van der Waals surface area (Å²) in [5, 5.41) is 11.9. The summed E-state index contributed by atoms with van der Waals surface area (Å²) in [7, 11) is 0. The molecule has 1 amide bonds. The number of benzene rings is 1. The van der Waals surface area contributed by atoms with E-state index < -0.39 is 17.5 Å². The van der Waals surface area contributed by atoms with Gasteiger partial charge in [0.05, 0.1) is 5.02 Å². The van der Waals surface area contributed by atoms with Gasteiger partial charge in [-0.15, -0.1) is 0 Å². The Bertz CT molecular complexity index is 587. The molecule has 2 N–H and O–H groups in total. The molecule has 1 aromatic carbocycles. The highest BCUT2D eigenvalue weighted by atomic mass is 35.5. The molecule has 0 saturated carbocycles. The molecule has 2 rings (SSSR count). The molecule has 1 heterocycles. The van der Waals surface area contributed by atoms with Crippen molar-refractivity contribution in [1.82, 2.24) is 4.98 Å². The third-order valence-corrected chi connectivity index (χ3v) is 2.39. The van der Waals surface area contributed by atoms with E-state index in [9.17, 15) is 9.18 Å². The van der Waals surface area contributed by atoms with Crippen LogP contribution >= 0.6 is 11.6 Å². The number of pyridine rings is 1. The number of anilines is 1. The summed E-state index contributed by atoms with van der Waals surface area (Å²) in [6.07, 6.45) is 1.34. The first-order valence-corrected chi connectivity index (χ1v) is 5.35. The minimum atomic E-state index is -0.808. The number of aromatic hydroxyl groups is 1. The van der Waals surface area contributed by atoms with E-state index >= 15 is 0 Å². The highest BCUT2D eigenvalue weighted by Gasteiger charge is 2.09. The molecular formula is C12H8ClFN2O2. The summed E-state index contributed by atoms with van der Waals surface area (Å²) < 4.78 is 13.1. The molecule has 0 bridgehead atoms. The maximum absolute atomic E-state index is 13.1. The Morgan fingerprint density at radius 1 is 1.33 bits per heavy atom. The van der Waals surface area contributed by atoms with E-state index in [1.54, 1.807) is 0 Å². The van der Waals surface area contributed by atoms with Crippen LogP contribution in [0.15, 0.2) is 36.5 Å². The fourth-order valence-electron chi connectivity index (χ4n) is 1.29. The Hall–Kier alpha value is -2.14. The summed E-state index contributed by atoms with van der Waals surface area (Å²) in [6.45, 7) is 0. The van der Waals surface area contributed by atoms with Gasteiger partial charge in [-0.2, -0.15) is 0 Å². The lowest BCUT2D eigenvalue weighted by Gasteiger charge is -2.05. The Balaban J connectivity index is 2.16. The van der Waals surface area contributed by atoms with Crippen LogP contribution in [0.25, 0.3) is 0 Å². The third kappa shape index (κ3) is 2.75. The van der Waals surface area contributed by atoms with Crippen molar-refractivity contribution in [1.29, 1.82) is 0 Å². The molecule has 2 aromatic rings. The zero-order valence-corrected chi connectivity index (χ0v) is 9.78. The maximum atomic E-state index is 13.1. The number of phenolic OH excluding ortho intramolecular Hbond substituents is 1. The quantitative estimate of drug-likeness (QED) is 0.822. The van der Waals surface area contributed by atoms with Crippen molar-refractivity contribution in [2.45, 2.75) is 0 Å². The number of nitrogens with zero attached hydrogens (tertiary/aromatic N) is 1. The number of halogens is 2. The summed E-state index contributed by atoms with van der Waals surface area (Å²) in [5.74, 6) is -1.77. The van der Waals surface area contributed by atoms with Gasteiger partial charge >= 0.3 is 0 Å². The van der Waals surface area contributed by atoms with E-state index in [1.807, 2.05) is 0 Å². The van der Waals surface area contributed by atoms with Gasteiger partial charge in [0.2, 0.25) is 0 Å². The van der Waals surface area contributed by atoms with Gasteiger partial charge in [0.1, 0.15) is 5.69 Å². The first-order chi connectivity index (χ1) is 8.56. The van der Waals surface area contributed by atoms with E-state index in [-0.39, 0.29) is 11.4 Å². The lowest BCUT2D eigenvalue weighted by molar-refractivity contribution is 0.102. The number of hydrogen-bond donors (Lipinski definition) is 2. The molecule has 4 nitrogen and oxygen atoms in total. The van der Waals surface area contributed by atoms with Gasteiger partial charge in [-0.25, -0.2) is 9.37 Å². The molecule has 0 fully saturated rings. The van der Waals surface area contributed by atoms with Crippen molar-refractivity contribution in [2.75, 3.05) is 5.32 Å². The van der Waals surface area contributed by atoms with Crippen molar-refractivity contribution in [3.05, 3.63) is 53.1 Å². The van der Waals surface area contributed by atoms with Crippen LogP contribution in [0.3, 0.4) is 0 Å². The maximum Gasteiger partial charge on any atom is 0.274 e. The van der Waals surface area contributed by atoms with E-state index in [0.717, 1.165) is 12.1 Å². The van der Waals surface area contributed by atoms with Crippen LogP contribution in [0.5, 0.6) is 5.75 Å². The summed E-state index contributed by atoms with van der Waals surface area (Å²) >= 11 is 5.64. The largest absolute Gasteiger partial charge is 0.505 e. The standard InChI is InChI=1S/C12H8ClFN2O2/c13-7-1-3-10(15-6-7)12(18)16-8-2-4-11(17)9(14)5-8/h1-6,17H,(H,16,18). The van der Waals surface area contributed by atoms with E-state index in [1.165, 1.54) is 24.4 Å². The van der Waals surface area contributed by atoms with Gasteiger partial charge in [-0.05, 0) is 24.3 Å². The van der Waals surface area contributed by atoms with Crippen molar-refractivity contribution in [2.24, 2.45) is 0 Å². The van der Waals surface area contributed by atoms with Crippen LogP contribution in [0.4, 0.5) is 10.1 Å². The van der Waals surface area contributed by atoms with Gasteiger partial charge < -0.3 is 10.4 Å². The molecule has 0 atom stereocenters. The summed E-state index contributed by atoms with van der Waals surface area (Å²) in [5.41, 5.74) is 0.389. The van der Waals surface area contributed by atoms with Crippen molar-refractivity contribution < 1.29 is 14.3 Å². The fourth-order valence-corrected chi connectivity index (χ4v) is 1.40. The SMILES string of the molecule is O=C(Nc1ccc(O)c(F)c1)c1ccc(Cl)cn1. The van der Waals surface area contributed by atoms with E-state index in [4.69, 9.17) is 16.7 Å². The predicted octanol–water partition coefficient (Wildman–Crippen LogP) is 2.83. The molecule has 0 saturated heterocycles. The number of rotatable bonds is 2. The van der Waals surface area contributed by atoms with Crippen molar-refractivity contribution >= 4 is 23.2 Å². The lowest BCUT2D eigenvalue weighted by atomic mass is 10.2. The van der Waals surface area contributed by atoms with E-state index in [0.29, 0.717) is 5.02 Å². The molecule has 0 aliphatic rings. The smallest absolute Gasteiger partial charge is 0.274 e. The third-order valence-electron chi connectivity index (χ3n) is 2.17. The molecule has 0 radical (unpaired) electrons. The zero-order valence-electron chi connectivity index (χ0n) is 9.02. The topological polar surface area (TPSA) is 62.2 Å². The Kier molecular flexibility index (Phi) is 3.43. The average Bonchev–Trinajstić information content (AvgIpc) is 2.34. The fraction of sp³-hybridized carbons (Fsp3) is 0. The second kappa shape index (κ2) is 5.01. The number of phenols is 1. The first kappa shape index (κ1) is 12.3. The Morgan fingerprint density at radius 2 is 2.11 bits per heavy atom. The molecule has 0 aliphatic carbocycles. The van der Waals surface area contributed by atoms with Crippen molar-refractivity contribution in [3.8, 4) is 5.75 Å². The molecule has 92 valence electrons. The van der Waals surface area contributed by atoms with Crippen LogP contribution in [-0.2, 0) is 0 Å². The minimum absolute atomic E-state index is 0.160. The van der Waals surface area contributed by atoms with Gasteiger partial charge in [-0.3, -0.25) is 4.79 Å². The number of nitrogens with one attached hydrogen (secondary N) is 1. The molecule has 0 spiro atoms. The minimum Gasteiger partial charge on any atom is -0.505 e. The number of amides is 1. The molecule has 0 unspecified atom stereocenters. The first-order valence-electron chi connectivity index (χ1n) is 4.97. The number of carbonyl (C=O) groups excluding carboxylic acids is 1. The molecule has 1 aromatic heterocycles. The van der Waals surface area contributed by atoms with E-state index in [2.05, 4.69) is 10.3 Å². The highest BCUT2D eigenvalue weighted by molar-refractivity contribution is 6.30. The van der Waals surface area contributed by atoms with Gasteiger partial charge in [0, 0.05) is 18.0 Å². The Labute approximate surface area is 107 Å². The van der Waals surface area contributed by atoms with Crippen LogP contribution in [0.2, 0.25) is 5.02 Å². The number of aromatic nitrogens is 1. The summed E-state index contributed by atoms with van der Waals surface area (Å²) in [6, 6.07) is 6.53.